The molecule has 0 bridgehead atoms. The second-order valence-electron chi connectivity index (χ2n) is 7.95. The van der Waals surface area contributed by atoms with E-state index in [1.807, 2.05) is 49.4 Å². The molecule has 0 fully saturated rings. The minimum Gasteiger partial charge on any atom is -0.495 e. The summed E-state index contributed by atoms with van der Waals surface area (Å²) in [6.07, 6.45) is -0.0195. The molecule has 0 spiro atoms. The normalized spacial score (nSPS) is 11.5. The number of nitrogens with zero attached hydrogens (tertiary/aromatic N) is 1. The lowest BCUT2D eigenvalue weighted by molar-refractivity contribution is -0.123. The Kier molecular flexibility index (Phi) is 7.36. The predicted molar refractivity (Wildman–Crippen MR) is 139 cm³/mol. The molecule has 35 heavy (non-hydrogen) atoms. The van der Waals surface area contributed by atoms with Crippen LogP contribution in [0.25, 0.3) is 21.9 Å². The number of fused-ring (bicyclic) bond motifs is 3. The van der Waals surface area contributed by atoms with Crippen molar-refractivity contribution in [3.8, 4) is 11.5 Å². The SMILES string of the molecule is COc1cc2c(cc1NC(=O)C/C(C)=N\NC(=O)COc1ccc(Br)c(C)c1)oc1ccccc12. The third-order valence-corrected chi connectivity index (χ3v) is 6.15. The van der Waals surface area contributed by atoms with Crippen molar-refractivity contribution >= 4 is 61.1 Å². The first-order valence-corrected chi connectivity index (χ1v) is 11.6. The summed E-state index contributed by atoms with van der Waals surface area (Å²) in [6.45, 7) is 3.39. The van der Waals surface area contributed by atoms with Gasteiger partial charge >= 0.3 is 0 Å². The van der Waals surface area contributed by atoms with Gasteiger partial charge in [-0.3, -0.25) is 9.59 Å². The van der Waals surface area contributed by atoms with E-state index in [1.54, 1.807) is 26.2 Å². The number of amides is 2. The second-order valence-corrected chi connectivity index (χ2v) is 8.81. The number of ether oxygens (including phenoxy) is 2. The van der Waals surface area contributed by atoms with Gasteiger partial charge in [0, 0.05) is 27.0 Å². The molecule has 1 aromatic heterocycles. The first-order valence-electron chi connectivity index (χ1n) is 10.8. The zero-order valence-electron chi connectivity index (χ0n) is 19.5. The molecule has 3 aromatic carbocycles. The molecular weight excluding hydrogens is 514 g/mol. The lowest BCUT2D eigenvalue weighted by Gasteiger charge is -2.10. The van der Waals surface area contributed by atoms with Crippen molar-refractivity contribution in [2.75, 3.05) is 19.0 Å². The van der Waals surface area contributed by atoms with Crippen LogP contribution in [-0.4, -0.2) is 31.2 Å². The van der Waals surface area contributed by atoms with Crippen molar-refractivity contribution in [1.82, 2.24) is 5.43 Å². The number of halogens is 1. The standard InChI is InChI=1S/C26H24BrN3O5/c1-15-10-17(8-9-20(15)27)34-14-26(32)30-29-16(2)11-25(31)28-21-13-23-19(12-24(21)33-3)18-6-4-5-7-22(18)35-23/h4-10,12-13H,11,14H2,1-3H3,(H,28,31)(H,30,32)/b29-16-. The molecule has 8 nitrogen and oxygen atoms in total. The summed E-state index contributed by atoms with van der Waals surface area (Å²) in [6, 6.07) is 16.7. The summed E-state index contributed by atoms with van der Waals surface area (Å²) in [5.74, 6) is 0.357. The lowest BCUT2D eigenvalue weighted by atomic mass is 10.1. The fourth-order valence-electron chi connectivity index (χ4n) is 3.53. The van der Waals surface area contributed by atoms with Gasteiger partial charge in [-0.1, -0.05) is 34.1 Å². The van der Waals surface area contributed by atoms with Crippen LogP contribution in [0.3, 0.4) is 0 Å². The van der Waals surface area contributed by atoms with E-state index in [0.717, 1.165) is 26.4 Å². The number of methoxy groups -OCH3 is 1. The predicted octanol–water partition coefficient (Wildman–Crippen LogP) is 5.57. The molecule has 180 valence electrons. The van der Waals surface area contributed by atoms with E-state index in [2.05, 4.69) is 31.8 Å². The number of nitrogens with one attached hydrogen (secondary N) is 2. The van der Waals surface area contributed by atoms with E-state index in [0.29, 0.717) is 28.5 Å². The van der Waals surface area contributed by atoms with Crippen LogP contribution < -0.4 is 20.2 Å². The van der Waals surface area contributed by atoms with E-state index in [4.69, 9.17) is 13.9 Å². The average Bonchev–Trinajstić information content (AvgIpc) is 3.20. The average molecular weight is 538 g/mol. The molecule has 1 heterocycles. The highest BCUT2D eigenvalue weighted by atomic mass is 79.9. The highest BCUT2D eigenvalue weighted by Gasteiger charge is 2.15. The van der Waals surface area contributed by atoms with Crippen LogP contribution in [0.15, 0.2) is 68.6 Å². The molecular formula is C26H24BrN3O5. The molecule has 0 unspecified atom stereocenters. The van der Waals surface area contributed by atoms with Gasteiger partial charge in [0.15, 0.2) is 6.61 Å². The Balaban J connectivity index is 1.35. The maximum atomic E-state index is 12.6. The van der Waals surface area contributed by atoms with Crippen LogP contribution >= 0.6 is 15.9 Å². The van der Waals surface area contributed by atoms with Gasteiger partial charge in [-0.15, -0.1) is 0 Å². The highest BCUT2D eigenvalue weighted by Crippen LogP contribution is 2.36. The number of hydrogen-bond donors (Lipinski definition) is 2. The minimum atomic E-state index is -0.428. The molecule has 0 aliphatic carbocycles. The van der Waals surface area contributed by atoms with Gasteiger partial charge in [-0.05, 0) is 49.7 Å². The zero-order valence-corrected chi connectivity index (χ0v) is 21.1. The van der Waals surface area contributed by atoms with Crippen LogP contribution in [0.1, 0.15) is 18.9 Å². The molecule has 0 atom stereocenters. The maximum absolute atomic E-state index is 12.6. The number of furan rings is 1. The van der Waals surface area contributed by atoms with Gasteiger partial charge < -0.3 is 19.2 Å². The van der Waals surface area contributed by atoms with Gasteiger partial charge in [0.2, 0.25) is 5.91 Å². The van der Waals surface area contributed by atoms with Crippen LogP contribution in [0.4, 0.5) is 5.69 Å². The van der Waals surface area contributed by atoms with Crippen molar-refractivity contribution < 1.29 is 23.5 Å². The number of rotatable bonds is 8. The first kappa shape index (κ1) is 24.3. The lowest BCUT2D eigenvalue weighted by Crippen LogP contribution is -2.26. The summed E-state index contributed by atoms with van der Waals surface area (Å²) >= 11 is 3.42. The van der Waals surface area contributed by atoms with Crippen molar-refractivity contribution in [3.63, 3.8) is 0 Å². The first-order chi connectivity index (χ1) is 16.8. The summed E-state index contributed by atoms with van der Waals surface area (Å²) in [5, 5.41) is 8.69. The van der Waals surface area contributed by atoms with Crippen molar-refractivity contribution in [1.29, 1.82) is 0 Å². The Morgan fingerprint density at radius 3 is 2.60 bits per heavy atom. The van der Waals surface area contributed by atoms with E-state index < -0.39 is 5.91 Å². The second kappa shape index (κ2) is 10.6. The Hall–Kier alpha value is -3.85. The number of anilines is 1. The third kappa shape index (κ3) is 5.81. The van der Waals surface area contributed by atoms with Crippen LogP contribution in [-0.2, 0) is 9.59 Å². The number of carbonyl (C=O) groups is 2. The molecule has 0 aliphatic heterocycles. The molecule has 2 amide bonds. The van der Waals surface area contributed by atoms with Crippen LogP contribution in [0.2, 0.25) is 0 Å². The Bertz CT molecular complexity index is 1440. The molecule has 2 N–H and O–H groups in total. The van der Waals surface area contributed by atoms with Crippen molar-refractivity contribution in [2.24, 2.45) is 5.10 Å². The Morgan fingerprint density at radius 1 is 1.03 bits per heavy atom. The van der Waals surface area contributed by atoms with Crippen molar-refractivity contribution in [2.45, 2.75) is 20.3 Å². The molecule has 4 aromatic rings. The number of benzene rings is 3. The molecule has 9 heteroatoms. The third-order valence-electron chi connectivity index (χ3n) is 5.26. The van der Waals surface area contributed by atoms with Gasteiger partial charge in [-0.2, -0.15) is 5.10 Å². The fourth-order valence-corrected chi connectivity index (χ4v) is 3.78. The number of para-hydroxylation sites is 1. The number of hydrazone groups is 1. The Labute approximate surface area is 210 Å². The number of carbonyl (C=O) groups excluding carboxylic acids is 2. The summed E-state index contributed by atoms with van der Waals surface area (Å²) < 4.78 is 17.8. The maximum Gasteiger partial charge on any atom is 0.277 e. The van der Waals surface area contributed by atoms with E-state index >= 15 is 0 Å². The van der Waals surface area contributed by atoms with E-state index in [1.165, 1.54) is 0 Å². The van der Waals surface area contributed by atoms with Gasteiger partial charge in [0.1, 0.15) is 22.7 Å². The molecule has 0 saturated carbocycles. The van der Waals surface area contributed by atoms with Crippen LogP contribution in [0.5, 0.6) is 11.5 Å². The fraction of sp³-hybridized carbons (Fsp3) is 0.192. The molecule has 0 saturated heterocycles. The number of aryl methyl sites for hydroxylation is 1. The molecule has 4 rings (SSSR count). The quantitative estimate of drug-likeness (QED) is 0.226. The van der Waals surface area contributed by atoms with Gasteiger partial charge in [0.05, 0.1) is 19.2 Å². The summed E-state index contributed by atoms with van der Waals surface area (Å²) in [7, 11) is 1.54. The Morgan fingerprint density at radius 2 is 1.83 bits per heavy atom. The van der Waals surface area contributed by atoms with Crippen molar-refractivity contribution in [3.05, 3.63) is 64.6 Å². The zero-order chi connectivity index (χ0) is 24.9. The number of hydrogen-bond acceptors (Lipinski definition) is 6. The van der Waals surface area contributed by atoms with E-state index in [-0.39, 0.29) is 18.9 Å². The summed E-state index contributed by atoms with van der Waals surface area (Å²) in [4.78, 5) is 24.6. The monoisotopic (exact) mass is 537 g/mol. The summed E-state index contributed by atoms with van der Waals surface area (Å²) in [5.41, 5.74) is 5.71. The topological polar surface area (TPSA) is 102 Å². The van der Waals surface area contributed by atoms with E-state index in [9.17, 15) is 9.59 Å². The smallest absolute Gasteiger partial charge is 0.277 e. The molecule has 0 radical (unpaired) electrons. The minimum absolute atomic E-state index is 0.0195. The highest BCUT2D eigenvalue weighted by molar-refractivity contribution is 9.10. The largest absolute Gasteiger partial charge is 0.495 e. The van der Waals surface area contributed by atoms with Gasteiger partial charge in [-0.25, -0.2) is 5.43 Å². The molecule has 0 aliphatic rings. The van der Waals surface area contributed by atoms with Crippen LogP contribution in [0, 0.1) is 6.92 Å². The van der Waals surface area contributed by atoms with Gasteiger partial charge in [0.25, 0.3) is 5.91 Å².